The third-order valence-corrected chi connectivity index (χ3v) is 8.63. The quantitative estimate of drug-likeness (QED) is 0.262. The molecule has 1 fully saturated rings. The van der Waals surface area contributed by atoms with Crippen LogP contribution in [-0.2, 0) is 16.9 Å². The van der Waals surface area contributed by atoms with Crippen molar-refractivity contribution in [1.29, 1.82) is 0 Å². The number of hydrogen-bond donors (Lipinski definition) is 3. The van der Waals surface area contributed by atoms with Crippen LogP contribution in [0.15, 0.2) is 60.7 Å². The first-order valence-corrected chi connectivity index (χ1v) is 14.1. The van der Waals surface area contributed by atoms with Gasteiger partial charge < -0.3 is 29.6 Å². The molecule has 212 valence electrons. The molecule has 1 saturated carbocycles. The second-order valence-corrected chi connectivity index (χ2v) is 11.1. The third kappa shape index (κ3) is 4.67. The van der Waals surface area contributed by atoms with E-state index in [1.54, 1.807) is 13.2 Å². The average molecular weight is 555 g/mol. The first-order chi connectivity index (χ1) is 19.8. The molecule has 1 aliphatic carbocycles. The molecule has 8 heteroatoms. The van der Waals surface area contributed by atoms with E-state index in [2.05, 4.69) is 16.0 Å². The van der Waals surface area contributed by atoms with Crippen molar-refractivity contribution in [2.75, 3.05) is 13.7 Å². The lowest BCUT2D eigenvalue weighted by Gasteiger charge is -2.27. The summed E-state index contributed by atoms with van der Waals surface area (Å²) in [5.74, 6) is 0.256. The van der Waals surface area contributed by atoms with E-state index in [4.69, 9.17) is 9.47 Å². The minimum Gasteiger partial charge on any atom is -0.508 e. The molecule has 2 heterocycles. The maximum Gasteiger partial charge on any atom is 0.333 e. The molecule has 1 aromatic heterocycles. The molecular weight excluding hydrogens is 520 g/mol. The highest BCUT2D eigenvalue weighted by Crippen LogP contribution is 2.47. The Morgan fingerprint density at radius 1 is 1.02 bits per heavy atom. The number of fused-ring (bicyclic) bond motifs is 5. The largest absolute Gasteiger partial charge is 0.508 e. The van der Waals surface area contributed by atoms with E-state index in [-0.39, 0.29) is 5.75 Å². The summed E-state index contributed by atoms with van der Waals surface area (Å²) in [7, 11) is 1.65. The number of rotatable bonds is 6. The first kappa shape index (κ1) is 26.7. The third-order valence-electron chi connectivity index (χ3n) is 8.63. The van der Waals surface area contributed by atoms with E-state index in [0.717, 1.165) is 46.5 Å². The zero-order valence-corrected chi connectivity index (χ0v) is 23.3. The summed E-state index contributed by atoms with van der Waals surface area (Å²) in [5, 5.41) is 23.6. The van der Waals surface area contributed by atoms with E-state index in [1.165, 1.54) is 56.0 Å². The van der Waals surface area contributed by atoms with Gasteiger partial charge in [-0.2, -0.15) is 0 Å². The molecule has 4 aromatic rings. The normalized spacial score (nSPS) is 16.5. The summed E-state index contributed by atoms with van der Waals surface area (Å²) < 4.78 is 13.9. The van der Waals surface area contributed by atoms with E-state index in [1.807, 2.05) is 24.3 Å². The van der Waals surface area contributed by atoms with Crippen LogP contribution < -0.4 is 14.8 Å². The molecule has 0 saturated heterocycles. The average Bonchev–Trinajstić information content (AvgIpc) is 3.18. The summed E-state index contributed by atoms with van der Waals surface area (Å²) >= 11 is 0. The van der Waals surface area contributed by atoms with Gasteiger partial charge in [0.05, 0.1) is 19.3 Å². The monoisotopic (exact) mass is 554 g/mol. The number of nitrogens with zero attached hydrogens (tertiary/aromatic N) is 1. The predicted octanol–water partition coefficient (Wildman–Crippen LogP) is 6.19. The summed E-state index contributed by atoms with van der Waals surface area (Å²) in [6.45, 7) is 2.53. The smallest absolute Gasteiger partial charge is 0.333 e. The van der Waals surface area contributed by atoms with Crippen LogP contribution in [0.5, 0.6) is 17.2 Å². The van der Waals surface area contributed by atoms with Crippen molar-refractivity contribution in [3.63, 3.8) is 0 Å². The topological polar surface area (TPSA) is 110 Å². The lowest BCUT2D eigenvalue weighted by molar-refractivity contribution is -0.144. The summed E-state index contributed by atoms with van der Waals surface area (Å²) in [6, 6.07) is 17.4. The van der Waals surface area contributed by atoms with Crippen LogP contribution in [-0.4, -0.2) is 40.4 Å². The minimum atomic E-state index is -1.69. The van der Waals surface area contributed by atoms with Gasteiger partial charge in [-0.05, 0) is 73.2 Å². The molecule has 3 N–H and O–H groups in total. The number of nitrogens with one attached hydrogen (secondary N) is 1. The second kappa shape index (κ2) is 10.5. The second-order valence-electron chi connectivity index (χ2n) is 11.1. The van der Waals surface area contributed by atoms with Crippen LogP contribution in [0.25, 0.3) is 22.2 Å². The highest BCUT2D eigenvalue weighted by atomic mass is 16.5. The number of carboxylic acids is 1. The summed E-state index contributed by atoms with van der Waals surface area (Å²) in [6.07, 6.45) is 5.85. The molecule has 0 unspecified atom stereocenters. The summed E-state index contributed by atoms with van der Waals surface area (Å²) in [4.78, 5) is 25.9. The van der Waals surface area contributed by atoms with Crippen molar-refractivity contribution in [2.24, 2.45) is 0 Å². The van der Waals surface area contributed by atoms with Crippen LogP contribution in [0.4, 0.5) is 0 Å². The fourth-order valence-electron chi connectivity index (χ4n) is 6.38. The molecule has 1 amide bonds. The van der Waals surface area contributed by atoms with Gasteiger partial charge in [-0.3, -0.25) is 4.79 Å². The van der Waals surface area contributed by atoms with Crippen molar-refractivity contribution in [3.05, 3.63) is 77.4 Å². The number of methoxy groups -OCH3 is 1. The zero-order valence-electron chi connectivity index (χ0n) is 23.3. The van der Waals surface area contributed by atoms with Gasteiger partial charge >= 0.3 is 5.97 Å². The summed E-state index contributed by atoms with van der Waals surface area (Å²) in [5.41, 5.74) is 3.41. The van der Waals surface area contributed by atoms with E-state index in [9.17, 15) is 19.8 Å². The number of aliphatic carboxylic acids is 1. The lowest BCUT2D eigenvalue weighted by Crippen LogP contribution is -2.49. The number of phenolic OH excluding ortho intramolecular Hbond substituents is 1. The van der Waals surface area contributed by atoms with E-state index < -0.39 is 17.4 Å². The van der Waals surface area contributed by atoms with Crippen LogP contribution >= 0.6 is 0 Å². The van der Waals surface area contributed by atoms with E-state index in [0.29, 0.717) is 30.2 Å². The Hall–Kier alpha value is -4.46. The molecule has 6 rings (SSSR count). The highest BCUT2D eigenvalue weighted by Gasteiger charge is 2.37. The molecule has 8 nitrogen and oxygen atoms in total. The number of phenols is 1. The van der Waals surface area contributed by atoms with Crippen molar-refractivity contribution in [2.45, 2.75) is 57.0 Å². The Kier molecular flexibility index (Phi) is 6.85. The van der Waals surface area contributed by atoms with Gasteiger partial charge in [-0.15, -0.1) is 0 Å². The van der Waals surface area contributed by atoms with Gasteiger partial charge in [-0.1, -0.05) is 37.5 Å². The number of amides is 1. The maximum atomic E-state index is 13.6. The minimum absolute atomic E-state index is 0.0185. The molecule has 3 aromatic carbocycles. The molecule has 0 spiro atoms. The standard InChI is InChI=1S/C33H34N2O6/c1-33(32(38)39,22-9-11-23(36)12-10-22)34-31(37)21-8-14-25-27(18-21)35-16-17-41-28-19-24(40-2)13-15-26(28)30(35)29(25)20-6-4-3-5-7-20/h8-15,18-20,36H,3-7,16-17H2,1-2H3,(H,34,37)(H,38,39)/t33-/m0/s1. The van der Waals surface area contributed by atoms with Crippen LogP contribution in [0.1, 0.15) is 66.4 Å². The van der Waals surface area contributed by atoms with Crippen molar-refractivity contribution < 1.29 is 29.3 Å². The molecule has 2 aliphatic rings. The Bertz CT molecular complexity index is 1630. The maximum absolute atomic E-state index is 13.6. The fraction of sp³-hybridized carbons (Fsp3) is 0.333. The molecule has 1 aliphatic heterocycles. The molecule has 1 atom stereocenters. The van der Waals surface area contributed by atoms with Gasteiger partial charge in [0.15, 0.2) is 5.54 Å². The SMILES string of the molecule is COc1ccc2c(c1)OCCn1c-2c(C2CCCCC2)c2ccc(C(=O)N[C@](C)(C(=O)O)c3ccc(O)cc3)cc21. The molecule has 41 heavy (non-hydrogen) atoms. The fourth-order valence-corrected chi connectivity index (χ4v) is 6.38. The Morgan fingerprint density at radius 3 is 2.49 bits per heavy atom. The number of carbonyl (C=O) groups is 2. The van der Waals surface area contributed by atoms with Gasteiger partial charge in [-0.25, -0.2) is 4.79 Å². The molecule has 0 bridgehead atoms. The van der Waals surface area contributed by atoms with Gasteiger partial charge in [0, 0.05) is 28.1 Å². The van der Waals surface area contributed by atoms with Crippen molar-refractivity contribution >= 4 is 22.8 Å². The van der Waals surface area contributed by atoms with Crippen LogP contribution in [0.3, 0.4) is 0 Å². The Morgan fingerprint density at radius 2 is 1.78 bits per heavy atom. The first-order valence-electron chi connectivity index (χ1n) is 14.1. The Balaban J connectivity index is 1.47. The lowest BCUT2D eigenvalue weighted by atomic mass is 9.81. The Labute approximate surface area is 238 Å². The number of benzene rings is 3. The number of carboxylic acid groups (broad SMARTS) is 1. The highest BCUT2D eigenvalue weighted by molar-refractivity contribution is 6.03. The van der Waals surface area contributed by atoms with Crippen molar-refractivity contribution in [3.8, 4) is 28.5 Å². The predicted molar refractivity (Wildman–Crippen MR) is 156 cm³/mol. The number of carbonyl (C=O) groups excluding carboxylic acids is 1. The van der Waals surface area contributed by atoms with Crippen LogP contribution in [0.2, 0.25) is 0 Å². The number of ether oxygens (including phenoxy) is 2. The zero-order chi connectivity index (χ0) is 28.7. The van der Waals surface area contributed by atoms with E-state index >= 15 is 0 Å². The molecule has 0 radical (unpaired) electrons. The van der Waals surface area contributed by atoms with Gasteiger partial charge in [0.1, 0.15) is 23.9 Å². The number of aromatic hydroxyl groups is 1. The molecular formula is C33H34N2O6. The number of aromatic nitrogens is 1. The van der Waals surface area contributed by atoms with Gasteiger partial charge in [0.25, 0.3) is 5.91 Å². The van der Waals surface area contributed by atoms with Gasteiger partial charge in [0.2, 0.25) is 0 Å². The number of hydrogen-bond acceptors (Lipinski definition) is 5. The van der Waals surface area contributed by atoms with Crippen molar-refractivity contribution in [1.82, 2.24) is 9.88 Å². The van der Waals surface area contributed by atoms with Crippen LogP contribution in [0, 0.1) is 0 Å².